The highest BCUT2D eigenvalue weighted by molar-refractivity contribution is 7.80. The molecule has 0 aromatic carbocycles. The molecule has 0 aromatic rings. The van der Waals surface area contributed by atoms with E-state index in [9.17, 15) is 10.1 Å². The van der Waals surface area contributed by atoms with Crippen molar-refractivity contribution in [1.82, 2.24) is 5.32 Å². The average Bonchev–Trinajstić information content (AvgIpc) is 2.15. The Morgan fingerprint density at radius 3 is 2.60 bits per heavy atom. The fourth-order valence-electron chi connectivity index (χ4n) is 0.890. The van der Waals surface area contributed by atoms with E-state index in [1.165, 1.54) is 0 Å². The van der Waals surface area contributed by atoms with Crippen molar-refractivity contribution < 1.29 is 4.92 Å². The van der Waals surface area contributed by atoms with E-state index in [0.717, 1.165) is 0 Å². The van der Waals surface area contributed by atoms with Gasteiger partial charge in [-0.3, -0.25) is 5.73 Å². The summed E-state index contributed by atoms with van der Waals surface area (Å²) in [5, 5.41) is 13.3. The molecule has 0 aromatic heterocycles. The van der Waals surface area contributed by atoms with E-state index in [1.807, 2.05) is 0 Å². The molecular formula is C9H15N3O2S. The fraction of sp³-hybridized carbons (Fsp3) is 0.556. The fourth-order valence-corrected chi connectivity index (χ4v) is 1.11. The number of nitro groups is 1. The minimum Gasteiger partial charge on any atom is -0.366 e. The molecule has 0 heterocycles. The van der Waals surface area contributed by atoms with Gasteiger partial charge in [0.2, 0.25) is 0 Å². The molecule has 0 spiro atoms. The number of allylic oxidation sites excluding steroid dienone is 1. The molecule has 0 fully saturated rings. The molecule has 0 radical (unpaired) electrons. The molecule has 0 unspecified atom stereocenters. The van der Waals surface area contributed by atoms with Gasteiger partial charge in [-0.2, -0.15) is 12.6 Å². The van der Waals surface area contributed by atoms with Crippen LogP contribution in [0.25, 0.3) is 0 Å². The monoisotopic (exact) mass is 229 g/mol. The Labute approximate surface area is 94.7 Å². The van der Waals surface area contributed by atoms with E-state index >= 15 is 0 Å². The summed E-state index contributed by atoms with van der Waals surface area (Å²) in [5.41, 5.74) is 4.97. The van der Waals surface area contributed by atoms with Crippen LogP contribution >= 0.6 is 12.6 Å². The van der Waals surface area contributed by atoms with Crippen molar-refractivity contribution in [1.29, 1.82) is 0 Å². The van der Waals surface area contributed by atoms with Gasteiger partial charge in [0, 0.05) is 6.42 Å². The molecule has 0 atom stereocenters. The van der Waals surface area contributed by atoms with Crippen LogP contribution < -0.4 is 11.1 Å². The van der Waals surface area contributed by atoms with Crippen molar-refractivity contribution in [2.45, 2.75) is 25.8 Å². The predicted molar refractivity (Wildman–Crippen MR) is 62.7 cm³/mol. The van der Waals surface area contributed by atoms with E-state index in [1.54, 1.807) is 13.8 Å². The van der Waals surface area contributed by atoms with Crippen LogP contribution in [0.15, 0.2) is 11.5 Å². The van der Waals surface area contributed by atoms with E-state index in [4.69, 9.17) is 12.2 Å². The molecule has 0 saturated heterocycles. The van der Waals surface area contributed by atoms with Crippen molar-refractivity contribution in [2.75, 3.05) is 5.75 Å². The van der Waals surface area contributed by atoms with Crippen LogP contribution in [0.4, 0.5) is 0 Å². The first-order valence-corrected chi connectivity index (χ1v) is 4.97. The lowest BCUT2D eigenvalue weighted by Crippen LogP contribution is -2.39. The molecule has 6 heteroatoms. The van der Waals surface area contributed by atoms with Crippen LogP contribution in [0.3, 0.4) is 0 Å². The Morgan fingerprint density at radius 2 is 2.27 bits per heavy atom. The zero-order chi connectivity index (χ0) is 12.1. The zero-order valence-electron chi connectivity index (χ0n) is 8.78. The number of thiol groups is 1. The first-order valence-electron chi connectivity index (χ1n) is 4.34. The van der Waals surface area contributed by atoms with Crippen LogP contribution in [0.1, 0.15) is 20.3 Å². The molecular weight excluding hydrogens is 214 g/mol. The minimum absolute atomic E-state index is 0.318. The standard InChI is InChI=1S/C9H15N3O2S/c1-4-9(2,3)11-7(5-6-15)8(10)12(13)14/h1,11,15H,5-6,10H2,2-3H3. The van der Waals surface area contributed by atoms with Crippen LogP contribution in [-0.2, 0) is 0 Å². The Balaban J connectivity index is 4.94. The maximum Gasteiger partial charge on any atom is 0.333 e. The summed E-state index contributed by atoms with van der Waals surface area (Å²) in [6, 6.07) is 0. The average molecular weight is 229 g/mol. The molecule has 84 valence electrons. The van der Waals surface area contributed by atoms with Crippen molar-refractivity contribution in [3.63, 3.8) is 0 Å². The second-order valence-corrected chi connectivity index (χ2v) is 3.94. The molecule has 0 aliphatic heterocycles. The number of nitrogens with one attached hydrogen (secondary N) is 1. The molecule has 0 aliphatic rings. The molecule has 0 aliphatic carbocycles. The van der Waals surface area contributed by atoms with Crippen LogP contribution in [0.2, 0.25) is 0 Å². The van der Waals surface area contributed by atoms with Gasteiger partial charge in [0.15, 0.2) is 0 Å². The van der Waals surface area contributed by atoms with Gasteiger partial charge >= 0.3 is 5.82 Å². The van der Waals surface area contributed by atoms with E-state index in [-0.39, 0.29) is 0 Å². The number of hydrogen-bond donors (Lipinski definition) is 3. The maximum atomic E-state index is 10.5. The van der Waals surface area contributed by atoms with Gasteiger partial charge in [0.1, 0.15) is 5.70 Å². The lowest BCUT2D eigenvalue weighted by molar-refractivity contribution is -0.428. The van der Waals surface area contributed by atoms with Gasteiger partial charge in [-0.25, -0.2) is 0 Å². The third-order valence-corrected chi connectivity index (χ3v) is 1.92. The van der Waals surface area contributed by atoms with Gasteiger partial charge in [0.25, 0.3) is 0 Å². The quantitative estimate of drug-likeness (QED) is 0.281. The third kappa shape index (κ3) is 4.61. The third-order valence-electron chi connectivity index (χ3n) is 1.69. The lowest BCUT2D eigenvalue weighted by Gasteiger charge is -2.22. The van der Waals surface area contributed by atoms with Gasteiger partial charge in [-0.1, -0.05) is 5.92 Å². The van der Waals surface area contributed by atoms with Crippen LogP contribution in [0, 0.1) is 22.5 Å². The zero-order valence-corrected chi connectivity index (χ0v) is 9.67. The maximum absolute atomic E-state index is 10.5. The van der Waals surface area contributed by atoms with Gasteiger partial charge in [0.05, 0.1) is 5.54 Å². The largest absolute Gasteiger partial charge is 0.366 e. The molecule has 15 heavy (non-hydrogen) atoms. The Bertz CT molecular complexity index is 318. The molecule has 0 saturated carbocycles. The van der Waals surface area contributed by atoms with Crippen molar-refractivity contribution >= 4 is 12.6 Å². The highest BCUT2D eigenvalue weighted by atomic mass is 32.1. The summed E-state index contributed by atoms with van der Waals surface area (Å²) in [4.78, 5) is 9.86. The minimum atomic E-state index is -0.668. The summed E-state index contributed by atoms with van der Waals surface area (Å²) >= 11 is 4.00. The van der Waals surface area contributed by atoms with Gasteiger partial charge in [-0.05, 0) is 24.5 Å². The predicted octanol–water partition coefficient (Wildman–Crippen LogP) is 0.712. The lowest BCUT2D eigenvalue weighted by atomic mass is 10.1. The molecule has 5 nitrogen and oxygen atoms in total. The number of rotatable bonds is 5. The molecule has 0 rings (SSSR count). The first kappa shape index (κ1) is 13.7. The number of terminal acetylenes is 1. The summed E-state index contributed by atoms with van der Waals surface area (Å²) in [7, 11) is 0. The number of hydrogen-bond acceptors (Lipinski definition) is 5. The Kier molecular flexibility index (Phi) is 5.02. The molecule has 3 N–H and O–H groups in total. The second kappa shape index (κ2) is 5.51. The topological polar surface area (TPSA) is 81.2 Å². The van der Waals surface area contributed by atoms with Gasteiger partial charge < -0.3 is 15.4 Å². The van der Waals surface area contributed by atoms with E-state index in [2.05, 4.69) is 23.9 Å². The summed E-state index contributed by atoms with van der Waals surface area (Å²) in [6.45, 7) is 3.47. The number of nitrogens with two attached hydrogens (primary N) is 1. The SMILES string of the molecule is C#CC(C)(C)NC(CCS)=C(N)[N+](=O)[O-]. The number of nitrogens with zero attached hydrogens (tertiary/aromatic N) is 1. The summed E-state index contributed by atoms with van der Waals surface area (Å²) in [5.74, 6) is 2.52. The van der Waals surface area contributed by atoms with Gasteiger partial charge in [-0.15, -0.1) is 6.42 Å². The smallest absolute Gasteiger partial charge is 0.333 e. The highest BCUT2D eigenvalue weighted by Crippen LogP contribution is 2.10. The van der Waals surface area contributed by atoms with Crippen LogP contribution in [0.5, 0.6) is 0 Å². The second-order valence-electron chi connectivity index (χ2n) is 3.49. The van der Waals surface area contributed by atoms with Crippen LogP contribution in [-0.4, -0.2) is 16.2 Å². The van der Waals surface area contributed by atoms with E-state index < -0.39 is 16.3 Å². The Hall–Kier alpha value is -1.35. The summed E-state index contributed by atoms with van der Waals surface area (Å²) in [6.07, 6.45) is 5.64. The Morgan fingerprint density at radius 1 is 1.73 bits per heavy atom. The van der Waals surface area contributed by atoms with E-state index in [0.29, 0.717) is 17.9 Å². The first-order chi connectivity index (χ1) is 6.84. The van der Waals surface area contributed by atoms with Crippen molar-refractivity contribution in [3.8, 4) is 12.3 Å². The van der Waals surface area contributed by atoms with Crippen molar-refractivity contribution in [2.24, 2.45) is 5.73 Å². The molecule has 0 bridgehead atoms. The summed E-state index contributed by atoms with van der Waals surface area (Å²) < 4.78 is 0. The molecule has 0 amide bonds. The van der Waals surface area contributed by atoms with Crippen molar-refractivity contribution in [3.05, 3.63) is 21.6 Å². The normalized spacial score (nSPS) is 12.7. The highest BCUT2D eigenvalue weighted by Gasteiger charge is 2.19.